The zero-order valence-electron chi connectivity index (χ0n) is 9.19. The van der Waals surface area contributed by atoms with Gasteiger partial charge in [0.1, 0.15) is 0 Å². The standard InChI is InChI=1S/C13H16O3/c14-13(15)8-10-4-1-2-5-11(10)9-16-12-6-3-7-12/h1-2,4-5,12H,3,6-9H2,(H,14,15). The van der Waals surface area contributed by atoms with Gasteiger partial charge in [-0.2, -0.15) is 0 Å². The largest absolute Gasteiger partial charge is 0.481 e. The van der Waals surface area contributed by atoms with Crippen molar-refractivity contribution in [2.75, 3.05) is 0 Å². The molecule has 2 rings (SSSR count). The maximum absolute atomic E-state index is 10.7. The summed E-state index contributed by atoms with van der Waals surface area (Å²) in [4.78, 5) is 10.7. The molecule has 0 aliphatic heterocycles. The predicted octanol–water partition coefficient (Wildman–Crippen LogP) is 2.38. The molecule has 1 aromatic rings. The van der Waals surface area contributed by atoms with Crippen molar-refractivity contribution >= 4 is 5.97 Å². The van der Waals surface area contributed by atoms with Gasteiger partial charge in [-0.1, -0.05) is 24.3 Å². The van der Waals surface area contributed by atoms with Crippen molar-refractivity contribution in [3.63, 3.8) is 0 Å². The van der Waals surface area contributed by atoms with Crippen molar-refractivity contribution in [3.05, 3.63) is 35.4 Å². The monoisotopic (exact) mass is 220 g/mol. The lowest BCUT2D eigenvalue weighted by atomic mass is 9.96. The van der Waals surface area contributed by atoms with Gasteiger partial charge in [0.25, 0.3) is 0 Å². The summed E-state index contributed by atoms with van der Waals surface area (Å²) in [5.74, 6) is -0.795. The van der Waals surface area contributed by atoms with Crippen LogP contribution >= 0.6 is 0 Å². The van der Waals surface area contributed by atoms with Crippen LogP contribution in [0.3, 0.4) is 0 Å². The van der Waals surface area contributed by atoms with E-state index >= 15 is 0 Å². The molecule has 1 aliphatic rings. The summed E-state index contributed by atoms with van der Waals surface area (Å²) in [6.07, 6.45) is 3.99. The van der Waals surface area contributed by atoms with Gasteiger partial charge in [-0.25, -0.2) is 0 Å². The second-order valence-electron chi connectivity index (χ2n) is 4.20. The molecule has 0 radical (unpaired) electrons. The van der Waals surface area contributed by atoms with Crippen LogP contribution in [0.1, 0.15) is 30.4 Å². The molecule has 16 heavy (non-hydrogen) atoms. The Morgan fingerprint density at radius 2 is 2.00 bits per heavy atom. The number of ether oxygens (including phenoxy) is 1. The van der Waals surface area contributed by atoms with Crippen LogP contribution in [0.4, 0.5) is 0 Å². The minimum atomic E-state index is -0.795. The topological polar surface area (TPSA) is 46.5 Å². The highest BCUT2D eigenvalue weighted by atomic mass is 16.5. The van der Waals surface area contributed by atoms with Crippen LogP contribution in [0.2, 0.25) is 0 Å². The average molecular weight is 220 g/mol. The van der Waals surface area contributed by atoms with Gasteiger partial charge >= 0.3 is 5.97 Å². The zero-order chi connectivity index (χ0) is 11.4. The minimum Gasteiger partial charge on any atom is -0.481 e. The highest BCUT2D eigenvalue weighted by Crippen LogP contribution is 2.23. The number of carbonyl (C=O) groups is 1. The second kappa shape index (κ2) is 5.12. The van der Waals surface area contributed by atoms with Gasteiger partial charge in [-0.15, -0.1) is 0 Å². The number of hydrogen-bond acceptors (Lipinski definition) is 2. The van der Waals surface area contributed by atoms with Gasteiger partial charge in [-0.3, -0.25) is 4.79 Å². The third kappa shape index (κ3) is 2.83. The summed E-state index contributed by atoms with van der Waals surface area (Å²) < 4.78 is 5.69. The number of carboxylic acid groups (broad SMARTS) is 1. The lowest BCUT2D eigenvalue weighted by Crippen LogP contribution is -2.21. The first kappa shape index (κ1) is 11.1. The molecule has 1 aliphatic carbocycles. The fourth-order valence-electron chi connectivity index (χ4n) is 1.78. The molecule has 3 nitrogen and oxygen atoms in total. The SMILES string of the molecule is O=C(O)Cc1ccccc1COC1CCC1. The maximum atomic E-state index is 10.7. The molecule has 0 saturated heterocycles. The van der Waals surface area contributed by atoms with Crippen LogP contribution in [-0.4, -0.2) is 17.2 Å². The van der Waals surface area contributed by atoms with Crippen molar-refractivity contribution in [1.82, 2.24) is 0 Å². The highest BCUT2D eigenvalue weighted by molar-refractivity contribution is 5.70. The third-order valence-corrected chi connectivity index (χ3v) is 2.99. The Labute approximate surface area is 95.0 Å². The van der Waals surface area contributed by atoms with Crippen LogP contribution in [-0.2, 0) is 22.6 Å². The lowest BCUT2D eigenvalue weighted by molar-refractivity contribution is -0.136. The minimum absolute atomic E-state index is 0.0736. The normalized spacial score (nSPS) is 15.8. The molecule has 0 bridgehead atoms. The van der Waals surface area contributed by atoms with E-state index in [0.29, 0.717) is 12.7 Å². The second-order valence-corrected chi connectivity index (χ2v) is 4.20. The molecular weight excluding hydrogens is 204 g/mol. The molecule has 0 aromatic heterocycles. The Balaban J connectivity index is 1.97. The Bertz CT molecular complexity index is 369. The van der Waals surface area contributed by atoms with Gasteiger partial charge in [0.05, 0.1) is 19.1 Å². The first-order valence-corrected chi connectivity index (χ1v) is 5.66. The first-order chi connectivity index (χ1) is 7.75. The Morgan fingerprint density at radius 3 is 2.56 bits per heavy atom. The molecule has 0 heterocycles. The molecule has 1 saturated carbocycles. The van der Waals surface area contributed by atoms with E-state index in [9.17, 15) is 4.79 Å². The van der Waals surface area contributed by atoms with E-state index in [-0.39, 0.29) is 6.42 Å². The summed E-state index contributed by atoms with van der Waals surface area (Å²) >= 11 is 0. The van der Waals surface area contributed by atoms with Crippen LogP contribution in [0.15, 0.2) is 24.3 Å². The summed E-state index contributed by atoms with van der Waals surface area (Å²) in [6, 6.07) is 7.58. The summed E-state index contributed by atoms with van der Waals surface area (Å²) in [5, 5.41) is 8.79. The van der Waals surface area contributed by atoms with E-state index in [2.05, 4.69) is 0 Å². The molecule has 0 atom stereocenters. The fraction of sp³-hybridized carbons (Fsp3) is 0.462. The molecule has 0 unspecified atom stereocenters. The van der Waals surface area contributed by atoms with Crippen LogP contribution in [0, 0.1) is 0 Å². The van der Waals surface area contributed by atoms with Gasteiger partial charge in [0.15, 0.2) is 0 Å². The molecule has 1 fully saturated rings. The maximum Gasteiger partial charge on any atom is 0.307 e. The molecular formula is C13H16O3. The van der Waals surface area contributed by atoms with Crippen molar-refractivity contribution in [2.24, 2.45) is 0 Å². The quantitative estimate of drug-likeness (QED) is 0.828. The number of carboxylic acids is 1. The fourth-order valence-corrected chi connectivity index (χ4v) is 1.78. The zero-order valence-corrected chi connectivity index (χ0v) is 9.19. The van der Waals surface area contributed by atoms with Crippen molar-refractivity contribution in [3.8, 4) is 0 Å². The molecule has 86 valence electrons. The summed E-state index contributed by atoms with van der Waals surface area (Å²) in [6.45, 7) is 0.536. The Kier molecular flexibility index (Phi) is 3.57. The van der Waals surface area contributed by atoms with E-state index in [4.69, 9.17) is 9.84 Å². The summed E-state index contributed by atoms with van der Waals surface area (Å²) in [5.41, 5.74) is 1.85. The number of aliphatic carboxylic acids is 1. The smallest absolute Gasteiger partial charge is 0.307 e. The first-order valence-electron chi connectivity index (χ1n) is 5.66. The number of hydrogen-bond donors (Lipinski definition) is 1. The Hall–Kier alpha value is -1.35. The van der Waals surface area contributed by atoms with E-state index < -0.39 is 5.97 Å². The van der Waals surface area contributed by atoms with Crippen molar-refractivity contribution in [2.45, 2.75) is 38.4 Å². The van der Waals surface area contributed by atoms with Crippen LogP contribution < -0.4 is 0 Å². The van der Waals surface area contributed by atoms with E-state index in [1.54, 1.807) is 0 Å². The van der Waals surface area contributed by atoms with Crippen LogP contribution in [0.5, 0.6) is 0 Å². The van der Waals surface area contributed by atoms with Crippen LogP contribution in [0.25, 0.3) is 0 Å². The van der Waals surface area contributed by atoms with Crippen molar-refractivity contribution in [1.29, 1.82) is 0 Å². The average Bonchev–Trinajstić information content (AvgIpc) is 2.17. The van der Waals surface area contributed by atoms with E-state index in [1.165, 1.54) is 6.42 Å². The number of rotatable bonds is 5. The molecule has 0 spiro atoms. The molecule has 1 aromatic carbocycles. The molecule has 3 heteroatoms. The number of benzene rings is 1. The summed E-state index contributed by atoms with van der Waals surface area (Å²) in [7, 11) is 0. The highest BCUT2D eigenvalue weighted by Gasteiger charge is 2.18. The molecule has 1 N–H and O–H groups in total. The van der Waals surface area contributed by atoms with Gasteiger partial charge < -0.3 is 9.84 Å². The van der Waals surface area contributed by atoms with Gasteiger partial charge in [0, 0.05) is 0 Å². The third-order valence-electron chi connectivity index (χ3n) is 2.99. The van der Waals surface area contributed by atoms with Crippen molar-refractivity contribution < 1.29 is 14.6 Å². The van der Waals surface area contributed by atoms with Gasteiger partial charge in [0.2, 0.25) is 0 Å². The van der Waals surface area contributed by atoms with Gasteiger partial charge in [-0.05, 0) is 30.4 Å². The lowest BCUT2D eigenvalue weighted by Gasteiger charge is -2.25. The Morgan fingerprint density at radius 1 is 1.31 bits per heavy atom. The predicted molar refractivity (Wildman–Crippen MR) is 60.2 cm³/mol. The molecule has 0 amide bonds. The van der Waals surface area contributed by atoms with E-state index in [0.717, 1.165) is 24.0 Å². The van der Waals surface area contributed by atoms with E-state index in [1.807, 2.05) is 24.3 Å².